The van der Waals surface area contributed by atoms with E-state index in [0.717, 1.165) is 12.2 Å². The molecule has 0 unspecified atom stereocenters. The van der Waals surface area contributed by atoms with Crippen LogP contribution in [0.4, 0.5) is 11.4 Å². The van der Waals surface area contributed by atoms with E-state index < -0.39 is 0 Å². The predicted octanol–water partition coefficient (Wildman–Crippen LogP) is 3.50. The third kappa shape index (κ3) is 3.26. The summed E-state index contributed by atoms with van der Waals surface area (Å²) in [7, 11) is 0. The van der Waals surface area contributed by atoms with E-state index in [4.69, 9.17) is 5.73 Å². The molecule has 15 heavy (non-hydrogen) atoms. The fourth-order valence-corrected chi connectivity index (χ4v) is 2.50. The van der Waals surface area contributed by atoms with Gasteiger partial charge in [-0.3, -0.25) is 0 Å². The molecule has 0 atom stereocenters. The van der Waals surface area contributed by atoms with Crippen LogP contribution < -0.4 is 10.6 Å². The molecule has 84 valence electrons. The van der Waals surface area contributed by atoms with Crippen molar-refractivity contribution < 1.29 is 0 Å². The van der Waals surface area contributed by atoms with Gasteiger partial charge in [0.15, 0.2) is 0 Å². The first-order chi connectivity index (χ1) is 7.06. The molecule has 0 spiro atoms. The number of rotatable bonds is 4. The van der Waals surface area contributed by atoms with Gasteiger partial charge < -0.3 is 10.6 Å². The van der Waals surface area contributed by atoms with E-state index in [1.54, 1.807) is 0 Å². The number of hydrogen-bond donors (Lipinski definition) is 1. The van der Waals surface area contributed by atoms with E-state index in [-0.39, 0.29) is 0 Å². The molecule has 0 saturated heterocycles. The van der Waals surface area contributed by atoms with E-state index >= 15 is 0 Å². The fraction of sp³-hybridized carbons (Fsp3) is 0.500. The molecule has 0 aliphatic carbocycles. The Morgan fingerprint density at radius 3 is 2.53 bits per heavy atom. The number of anilines is 2. The molecular weight excluding hydrogens is 299 g/mol. The van der Waals surface area contributed by atoms with Crippen LogP contribution in [0.3, 0.4) is 0 Å². The average Bonchev–Trinajstić information content (AvgIpc) is 2.15. The van der Waals surface area contributed by atoms with Gasteiger partial charge in [0.25, 0.3) is 0 Å². The zero-order valence-electron chi connectivity index (χ0n) is 9.63. The molecule has 2 N–H and O–H groups in total. The fourth-order valence-electron chi connectivity index (χ4n) is 1.65. The van der Waals surface area contributed by atoms with Crippen LogP contribution in [0.1, 0.15) is 27.2 Å². The summed E-state index contributed by atoms with van der Waals surface area (Å²) in [6.07, 6.45) is 1.17. The van der Waals surface area contributed by atoms with Gasteiger partial charge in [-0.1, -0.05) is 6.92 Å². The topological polar surface area (TPSA) is 29.3 Å². The maximum Gasteiger partial charge on any atom is 0.0505 e. The molecule has 0 saturated carbocycles. The first-order valence-corrected chi connectivity index (χ1v) is 6.45. The van der Waals surface area contributed by atoms with Crippen molar-refractivity contribution in [1.82, 2.24) is 0 Å². The van der Waals surface area contributed by atoms with E-state index in [9.17, 15) is 0 Å². The van der Waals surface area contributed by atoms with Gasteiger partial charge >= 0.3 is 0 Å². The summed E-state index contributed by atoms with van der Waals surface area (Å²) in [5.41, 5.74) is 7.88. The Morgan fingerprint density at radius 1 is 1.40 bits per heavy atom. The van der Waals surface area contributed by atoms with E-state index in [2.05, 4.69) is 54.3 Å². The van der Waals surface area contributed by atoms with Crippen LogP contribution >= 0.6 is 22.6 Å². The van der Waals surface area contributed by atoms with E-state index in [1.165, 1.54) is 15.7 Å². The highest BCUT2D eigenvalue weighted by atomic mass is 127. The third-order valence-electron chi connectivity index (χ3n) is 2.37. The second-order valence-electron chi connectivity index (χ2n) is 4.00. The second-order valence-corrected chi connectivity index (χ2v) is 5.16. The zero-order chi connectivity index (χ0) is 11.4. The Labute approximate surface area is 106 Å². The van der Waals surface area contributed by atoms with Crippen molar-refractivity contribution in [3.05, 3.63) is 21.8 Å². The highest BCUT2D eigenvalue weighted by Crippen LogP contribution is 2.26. The molecule has 0 aliphatic heterocycles. The Bertz CT molecular complexity index is 323. The molecule has 0 bridgehead atoms. The lowest BCUT2D eigenvalue weighted by Gasteiger charge is -2.29. The van der Waals surface area contributed by atoms with Crippen molar-refractivity contribution in [3.63, 3.8) is 0 Å². The first-order valence-electron chi connectivity index (χ1n) is 5.38. The molecular formula is C12H19IN2. The summed E-state index contributed by atoms with van der Waals surface area (Å²) in [6.45, 7) is 7.75. The average molecular weight is 318 g/mol. The minimum atomic E-state index is 0.530. The van der Waals surface area contributed by atoms with Crippen molar-refractivity contribution in [1.29, 1.82) is 0 Å². The zero-order valence-corrected chi connectivity index (χ0v) is 11.8. The minimum Gasteiger partial charge on any atom is -0.399 e. The Hall–Kier alpha value is -0.450. The number of halogens is 1. The van der Waals surface area contributed by atoms with Crippen LogP contribution in [0.25, 0.3) is 0 Å². The number of benzene rings is 1. The lowest BCUT2D eigenvalue weighted by molar-refractivity contribution is 0.670. The first kappa shape index (κ1) is 12.6. The van der Waals surface area contributed by atoms with Crippen LogP contribution in [-0.4, -0.2) is 12.6 Å². The summed E-state index contributed by atoms with van der Waals surface area (Å²) in [5, 5.41) is 0. The molecule has 0 aliphatic rings. The summed E-state index contributed by atoms with van der Waals surface area (Å²) in [4.78, 5) is 2.42. The number of hydrogen-bond acceptors (Lipinski definition) is 2. The molecule has 0 radical (unpaired) electrons. The molecule has 3 heteroatoms. The normalized spacial score (nSPS) is 10.7. The quantitative estimate of drug-likeness (QED) is 0.680. The van der Waals surface area contributed by atoms with Gasteiger partial charge in [0.1, 0.15) is 0 Å². The molecule has 1 rings (SSSR count). The van der Waals surface area contributed by atoms with Crippen molar-refractivity contribution in [2.45, 2.75) is 33.2 Å². The Morgan fingerprint density at radius 2 is 2.07 bits per heavy atom. The summed E-state index contributed by atoms with van der Waals surface area (Å²) in [6, 6.07) is 6.65. The standard InChI is InChI=1S/C12H19IN2/c1-4-7-15(9(2)3)12-6-5-10(14)8-11(12)13/h5-6,8-9H,4,7,14H2,1-3H3. The van der Waals surface area contributed by atoms with Gasteiger partial charge in [-0.05, 0) is 61.1 Å². The van der Waals surface area contributed by atoms with Crippen LogP contribution in [-0.2, 0) is 0 Å². The monoisotopic (exact) mass is 318 g/mol. The maximum atomic E-state index is 5.75. The molecule has 1 aromatic carbocycles. The largest absolute Gasteiger partial charge is 0.399 e. The number of nitrogens with zero attached hydrogens (tertiary/aromatic N) is 1. The van der Waals surface area contributed by atoms with Crippen LogP contribution in [0.5, 0.6) is 0 Å². The van der Waals surface area contributed by atoms with Crippen molar-refractivity contribution in [2.24, 2.45) is 0 Å². The van der Waals surface area contributed by atoms with Gasteiger partial charge in [-0.15, -0.1) is 0 Å². The highest BCUT2D eigenvalue weighted by Gasteiger charge is 2.12. The SMILES string of the molecule is CCCN(c1ccc(N)cc1I)C(C)C. The molecule has 2 nitrogen and oxygen atoms in total. The van der Waals surface area contributed by atoms with Gasteiger partial charge in [-0.25, -0.2) is 0 Å². The molecule has 0 heterocycles. The van der Waals surface area contributed by atoms with Gasteiger partial charge in [0.2, 0.25) is 0 Å². The van der Waals surface area contributed by atoms with Gasteiger partial charge in [0, 0.05) is 21.8 Å². The summed E-state index contributed by atoms with van der Waals surface area (Å²) in [5.74, 6) is 0. The minimum absolute atomic E-state index is 0.530. The smallest absolute Gasteiger partial charge is 0.0505 e. The Balaban J connectivity index is 3.00. The van der Waals surface area contributed by atoms with Crippen LogP contribution in [0.15, 0.2) is 18.2 Å². The highest BCUT2D eigenvalue weighted by molar-refractivity contribution is 14.1. The summed E-state index contributed by atoms with van der Waals surface area (Å²) >= 11 is 2.35. The van der Waals surface area contributed by atoms with Crippen molar-refractivity contribution in [3.8, 4) is 0 Å². The Kier molecular flexibility index (Phi) is 4.70. The lowest BCUT2D eigenvalue weighted by atomic mass is 10.2. The van der Waals surface area contributed by atoms with Crippen LogP contribution in [0, 0.1) is 3.57 Å². The van der Waals surface area contributed by atoms with Gasteiger partial charge in [0.05, 0.1) is 5.69 Å². The van der Waals surface area contributed by atoms with Gasteiger partial charge in [-0.2, -0.15) is 0 Å². The predicted molar refractivity (Wildman–Crippen MR) is 76.3 cm³/mol. The summed E-state index contributed by atoms with van der Waals surface area (Å²) < 4.78 is 1.23. The van der Waals surface area contributed by atoms with E-state index in [0.29, 0.717) is 6.04 Å². The van der Waals surface area contributed by atoms with E-state index in [1.807, 2.05) is 12.1 Å². The maximum absolute atomic E-state index is 5.75. The van der Waals surface area contributed by atoms with Crippen LogP contribution in [0.2, 0.25) is 0 Å². The molecule has 1 aromatic rings. The molecule has 0 amide bonds. The number of nitrogens with two attached hydrogens (primary N) is 1. The molecule has 0 fully saturated rings. The van der Waals surface area contributed by atoms with Crippen molar-refractivity contribution in [2.75, 3.05) is 17.2 Å². The van der Waals surface area contributed by atoms with Crippen molar-refractivity contribution >= 4 is 34.0 Å². The molecule has 0 aromatic heterocycles. The third-order valence-corrected chi connectivity index (χ3v) is 3.23. The second kappa shape index (κ2) is 5.58. The lowest BCUT2D eigenvalue weighted by Crippen LogP contribution is -2.32. The number of nitrogen functional groups attached to an aromatic ring is 1.